The van der Waals surface area contributed by atoms with Crippen LogP contribution in [0.25, 0.3) is 17.0 Å². The second kappa shape index (κ2) is 9.54. The zero-order valence-corrected chi connectivity index (χ0v) is 19.7. The number of hydrogen-bond acceptors (Lipinski definition) is 4. The Morgan fingerprint density at radius 1 is 0.973 bits per heavy atom. The number of amides is 5. The molecule has 0 saturated carbocycles. The van der Waals surface area contributed by atoms with Crippen molar-refractivity contribution in [3.8, 4) is 0 Å². The quantitative estimate of drug-likeness (QED) is 0.316. The molecule has 1 aliphatic rings. The third-order valence-electron chi connectivity index (χ3n) is 5.96. The van der Waals surface area contributed by atoms with Crippen molar-refractivity contribution in [2.45, 2.75) is 13.5 Å². The van der Waals surface area contributed by atoms with Crippen LogP contribution in [0.4, 0.5) is 20.6 Å². The van der Waals surface area contributed by atoms with Gasteiger partial charge in [0, 0.05) is 28.4 Å². The van der Waals surface area contributed by atoms with E-state index >= 15 is 0 Å². The molecule has 5 amide bonds. The Morgan fingerprint density at radius 2 is 1.68 bits per heavy atom. The maximum atomic E-state index is 13.3. The number of carbonyl (C=O) groups is 4. The molecule has 0 radical (unpaired) electrons. The van der Waals surface area contributed by atoms with Crippen LogP contribution in [0.2, 0.25) is 0 Å². The normalized spacial score (nSPS) is 14.8. The highest BCUT2D eigenvalue weighted by molar-refractivity contribution is 6.39. The minimum atomic E-state index is -0.823. The zero-order chi connectivity index (χ0) is 26.1. The van der Waals surface area contributed by atoms with E-state index in [-0.39, 0.29) is 18.0 Å². The molecule has 1 aromatic heterocycles. The molecule has 5 rings (SSSR count). The first-order valence-corrected chi connectivity index (χ1v) is 11.4. The SMILES string of the molecule is Cc1ccc(N2C(=O)NC(=O)/C(=C\c3cn(CC(=O)Nc4ccc(F)cc4)c4ccccc34)C2=O)cc1. The Balaban J connectivity index is 1.47. The van der Waals surface area contributed by atoms with Gasteiger partial charge in [0.15, 0.2) is 0 Å². The predicted molar refractivity (Wildman–Crippen MR) is 137 cm³/mol. The Morgan fingerprint density at radius 3 is 2.41 bits per heavy atom. The molecule has 3 aromatic carbocycles. The highest BCUT2D eigenvalue weighted by Gasteiger charge is 2.37. The van der Waals surface area contributed by atoms with Gasteiger partial charge in [-0.3, -0.25) is 19.7 Å². The van der Waals surface area contributed by atoms with Crippen LogP contribution < -0.4 is 15.5 Å². The third-order valence-corrected chi connectivity index (χ3v) is 5.96. The maximum absolute atomic E-state index is 13.3. The highest BCUT2D eigenvalue weighted by Crippen LogP contribution is 2.27. The number of fused-ring (bicyclic) bond motifs is 1. The molecule has 0 unspecified atom stereocenters. The smallest absolute Gasteiger partial charge is 0.335 e. The number of carbonyl (C=O) groups excluding carboxylic acids is 4. The van der Waals surface area contributed by atoms with Crippen molar-refractivity contribution in [2.75, 3.05) is 10.2 Å². The summed E-state index contributed by atoms with van der Waals surface area (Å²) in [6, 6.07) is 18.6. The molecule has 1 aliphatic heterocycles. The predicted octanol–water partition coefficient (Wildman–Crippen LogP) is 4.39. The van der Waals surface area contributed by atoms with Crippen LogP contribution in [0.1, 0.15) is 11.1 Å². The molecule has 0 atom stereocenters. The van der Waals surface area contributed by atoms with Crippen molar-refractivity contribution in [2.24, 2.45) is 0 Å². The number of imide groups is 2. The van der Waals surface area contributed by atoms with Gasteiger partial charge in [0.25, 0.3) is 11.8 Å². The van der Waals surface area contributed by atoms with E-state index in [1.165, 1.54) is 30.3 Å². The van der Waals surface area contributed by atoms with E-state index in [1.54, 1.807) is 41.1 Å². The molecule has 0 aliphatic carbocycles. The number of benzene rings is 3. The fraction of sp³-hybridized carbons (Fsp3) is 0.0714. The lowest BCUT2D eigenvalue weighted by molar-refractivity contribution is -0.122. The monoisotopic (exact) mass is 496 g/mol. The van der Waals surface area contributed by atoms with E-state index in [1.807, 2.05) is 25.1 Å². The van der Waals surface area contributed by atoms with Gasteiger partial charge in [-0.1, -0.05) is 35.9 Å². The van der Waals surface area contributed by atoms with Gasteiger partial charge in [-0.25, -0.2) is 14.1 Å². The van der Waals surface area contributed by atoms with Crippen molar-refractivity contribution >= 4 is 52.1 Å². The summed E-state index contributed by atoms with van der Waals surface area (Å²) < 4.78 is 14.8. The average Bonchev–Trinajstić information content (AvgIpc) is 3.21. The number of hydrogen-bond donors (Lipinski definition) is 2. The van der Waals surface area contributed by atoms with Crippen molar-refractivity contribution in [3.63, 3.8) is 0 Å². The van der Waals surface area contributed by atoms with Crippen LogP contribution in [0, 0.1) is 12.7 Å². The Labute approximate surface area is 211 Å². The number of rotatable bonds is 5. The van der Waals surface area contributed by atoms with Gasteiger partial charge in [0.05, 0.1) is 5.69 Å². The van der Waals surface area contributed by atoms with Gasteiger partial charge < -0.3 is 9.88 Å². The highest BCUT2D eigenvalue weighted by atomic mass is 19.1. The van der Waals surface area contributed by atoms with Crippen LogP contribution in [0.3, 0.4) is 0 Å². The Bertz CT molecular complexity index is 1590. The van der Waals surface area contributed by atoms with E-state index in [4.69, 9.17) is 0 Å². The summed E-state index contributed by atoms with van der Waals surface area (Å²) in [5.41, 5.74) is 2.78. The number of aryl methyl sites for hydroxylation is 1. The number of barbiturate groups is 1. The summed E-state index contributed by atoms with van der Waals surface area (Å²) in [5, 5.41) is 5.65. The Hall–Kier alpha value is -5.05. The molecule has 184 valence electrons. The lowest BCUT2D eigenvalue weighted by Gasteiger charge is -2.26. The lowest BCUT2D eigenvalue weighted by Crippen LogP contribution is -2.54. The summed E-state index contributed by atoms with van der Waals surface area (Å²) in [6.45, 7) is 1.82. The van der Waals surface area contributed by atoms with E-state index in [0.717, 1.165) is 10.5 Å². The molecule has 1 saturated heterocycles. The van der Waals surface area contributed by atoms with E-state index < -0.39 is 23.7 Å². The number of aromatic nitrogens is 1. The van der Waals surface area contributed by atoms with Gasteiger partial charge in [-0.15, -0.1) is 0 Å². The fourth-order valence-electron chi connectivity index (χ4n) is 4.15. The largest absolute Gasteiger partial charge is 0.337 e. The Kier molecular flexibility index (Phi) is 6.10. The second-order valence-corrected chi connectivity index (χ2v) is 8.58. The summed E-state index contributed by atoms with van der Waals surface area (Å²) in [5.74, 6) is -2.29. The molecular formula is C28H21FN4O4. The molecule has 4 aromatic rings. The van der Waals surface area contributed by atoms with Gasteiger partial charge >= 0.3 is 6.03 Å². The van der Waals surface area contributed by atoms with E-state index in [0.29, 0.717) is 27.8 Å². The maximum Gasteiger partial charge on any atom is 0.335 e. The van der Waals surface area contributed by atoms with E-state index in [9.17, 15) is 23.6 Å². The van der Waals surface area contributed by atoms with Crippen molar-refractivity contribution in [1.82, 2.24) is 9.88 Å². The summed E-state index contributed by atoms with van der Waals surface area (Å²) in [7, 11) is 0. The zero-order valence-electron chi connectivity index (χ0n) is 19.7. The molecule has 1 fully saturated rings. The fourth-order valence-corrected chi connectivity index (χ4v) is 4.15. The standard InChI is InChI=1S/C28H21FN4O4/c1-17-6-12-21(13-7-17)33-27(36)23(26(35)31-28(33)37)14-18-15-32(24-5-3-2-4-22(18)24)16-25(34)30-20-10-8-19(29)9-11-20/h2-15H,16H2,1H3,(H,30,34)(H,31,35,37)/b23-14+. The van der Waals surface area contributed by atoms with Crippen LogP contribution in [-0.2, 0) is 20.9 Å². The first-order chi connectivity index (χ1) is 17.8. The summed E-state index contributed by atoms with van der Waals surface area (Å²) >= 11 is 0. The van der Waals surface area contributed by atoms with Crippen molar-refractivity contribution in [1.29, 1.82) is 0 Å². The topological polar surface area (TPSA) is 101 Å². The van der Waals surface area contributed by atoms with Gasteiger partial charge in [-0.2, -0.15) is 0 Å². The number of anilines is 2. The average molecular weight is 496 g/mol. The molecular weight excluding hydrogens is 475 g/mol. The summed E-state index contributed by atoms with van der Waals surface area (Å²) in [4.78, 5) is 52.0. The first-order valence-electron chi connectivity index (χ1n) is 11.4. The van der Waals surface area contributed by atoms with Gasteiger partial charge in [0.2, 0.25) is 5.91 Å². The molecule has 2 N–H and O–H groups in total. The van der Waals surface area contributed by atoms with Crippen LogP contribution in [0.15, 0.2) is 84.6 Å². The van der Waals surface area contributed by atoms with Crippen molar-refractivity contribution < 1.29 is 23.6 Å². The number of para-hydroxylation sites is 1. The van der Waals surface area contributed by atoms with Gasteiger partial charge in [0.1, 0.15) is 17.9 Å². The van der Waals surface area contributed by atoms with Crippen molar-refractivity contribution in [3.05, 3.63) is 102 Å². The molecule has 2 heterocycles. The third kappa shape index (κ3) is 4.74. The van der Waals surface area contributed by atoms with Crippen LogP contribution in [0.5, 0.6) is 0 Å². The van der Waals surface area contributed by atoms with Crippen LogP contribution >= 0.6 is 0 Å². The molecule has 0 spiro atoms. The minimum absolute atomic E-state index is 0.0603. The molecule has 8 nitrogen and oxygen atoms in total. The lowest BCUT2D eigenvalue weighted by atomic mass is 10.1. The van der Waals surface area contributed by atoms with E-state index in [2.05, 4.69) is 10.6 Å². The molecule has 37 heavy (non-hydrogen) atoms. The second-order valence-electron chi connectivity index (χ2n) is 8.58. The summed E-state index contributed by atoms with van der Waals surface area (Å²) in [6.07, 6.45) is 3.08. The number of nitrogens with one attached hydrogen (secondary N) is 2. The minimum Gasteiger partial charge on any atom is -0.337 e. The number of urea groups is 1. The molecule has 0 bridgehead atoms. The number of halogens is 1. The molecule has 9 heteroatoms. The number of nitrogens with zero attached hydrogens (tertiary/aromatic N) is 2. The van der Waals surface area contributed by atoms with Gasteiger partial charge in [-0.05, 0) is 55.5 Å². The first kappa shape index (κ1) is 23.7. The van der Waals surface area contributed by atoms with Crippen LogP contribution in [-0.4, -0.2) is 28.3 Å².